The van der Waals surface area contributed by atoms with E-state index >= 15 is 0 Å². The third-order valence-corrected chi connectivity index (χ3v) is 4.47. The molecular formula is C17H21N5O4. The van der Waals surface area contributed by atoms with Gasteiger partial charge in [0, 0.05) is 25.8 Å². The van der Waals surface area contributed by atoms with Crippen molar-refractivity contribution in [1.29, 1.82) is 0 Å². The molecule has 1 unspecified atom stereocenters. The molecule has 26 heavy (non-hydrogen) atoms. The highest BCUT2D eigenvalue weighted by molar-refractivity contribution is 5.97. The highest BCUT2D eigenvalue weighted by atomic mass is 16.2. The smallest absolute Gasteiger partial charge is 0.327 e. The maximum absolute atomic E-state index is 12.8. The SMILES string of the molecule is CCCNC(=O)C1CCCN(C(=O)c2cnc3[nH]c(=O)[nH]c(=O)c3c2)C1. The number of amides is 2. The van der Waals surface area contributed by atoms with E-state index in [9.17, 15) is 19.2 Å². The van der Waals surface area contributed by atoms with Crippen LogP contribution in [0.1, 0.15) is 36.5 Å². The second-order valence-electron chi connectivity index (χ2n) is 6.41. The summed E-state index contributed by atoms with van der Waals surface area (Å²) >= 11 is 0. The average molecular weight is 359 g/mol. The van der Waals surface area contributed by atoms with E-state index in [0.717, 1.165) is 19.3 Å². The summed E-state index contributed by atoms with van der Waals surface area (Å²) in [5.74, 6) is -0.541. The molecule has 0 saturated carbocycles. The maximum Gasteiger partial charge on any atom is 0.327 e. The number of nitrogens with zero attached hydrogens (tertiary/aromatic N) is 2. The van der Waals surface area contributed by atoms with E-state index in [1.807, 2.05) is 6.92 Å². The van der Waals surface area contributed by atoms with Gasteiger partial charge < -0.3 is 10.2 Å². The molecule has 9 nitrogen and oxygen atoms in total. The number of fused-ring (bicyclic) bond motifs is 1. The predicted octanol–water partition coefficient (Wildman–Crippen LogP) is -0.0102. The second kappa shape index (κ2) is 7.51. The zero-order valence-electron chi connectivity index (χ0n) is 14.5. The van der Waals surface area contributed by atoms with Gasteiger partial charge in [0.2, 0.25) is 5.91 Å². The lowest BCUT2D eigenvalue weighted by Gasteiger charge is -2.32. The normalized spacial score (nSPS) is 17.3. The third-order valence-electron chi connectivity index (χ3n) is 4.47. The van der Waals surface area contributed by atoms with Gasteiger partial charge in [-0.15, -0.1) is 0 Å². The molecule has 0 bridgehead atoms. The quantitative estimate of drug-likeness (QED) is 0.707. The zero-order chi connectivity index (χ0) is 18.7. The third kappa shape index (κ3) is 3.66. The number of likely N-dealkylation sites (tertiary alicyclic amines) is 1. The van der Waals surface area contributed by atoms with E-state index in [4.69, 9.17) is 0 Å². The molecule has 1 fully saturated rings. The largest absolute Gasteiger partial charge is 0.356 e. The summed E-state index contributed by atoms with van der Waals surface area (Å²) < 4.78 is 0. The van der Waals surface area contributed by atoms with E-state index in [1.54, 1.807) is 4.90 Å². The first-order valence-corrected chi connectivity index (χ1v) is 8.69. The van der Waals surface area contributed by atoms with Crippen molar-refractivity contribution in [3.63, 3.8) is 0 Å². The lowest BCUT2D eigenvalue weighted by atomic mass is 9.96. The van der Waals surface area contributed by atoms with Gasteiger partial charge in [0.25, 0.3) is 11.5 Å². The molecule has 3 rings (SSSR count). The number of aromatic nitrogens is 3. The van der Waals surface area contributed by atoms with Gasteiger partial charge in [-0.3, -0.25) is 24.4 Å². The predicted molar refractivity (Wildman–Crippen MR) is 94.9 cm³/mol. The Hall–Kier alpha value is -2.97. The van der Waals surface area contributed by atoms with E-state index in [2.05, 4.69) is 20.3 Å². The first kappa shape index (κ1) is 17.8. The summed E-state index contributed by atoms with van der Waals surface area (Å²) in [6, 6.07) is 1.42. The number of nitrogens with one attached hydrogen (secondary N) is 3. The molecule has 0 aromatic carbocycles. The standard InChI is InChI=1S/C17H21N5O4/c1-2-5-18-14(23)10-4-3-6-22(9-10)16(25)11-7-12-13(19-8-11)20-17(26)21-15(12)24/h7-8,10H,2-6,9H2,1H3,(H,18,23)(H2,19,20,21,24,26). The Bertz CT molecular complexity index is 948. The van der Waals surface area contributed by atoms with E-state index in [1.165, 1.54) is 12.3 Å². The summed E-state index contributed by atoms with van der Waals surface area (Å²) in [5, 5.41) is 3.01. The van der Waals surface area contributed by atoms with Crippen molar-refractivity contribution < 1.29 is 9.59 Å². The first-order chi connectivity index (χ1) is 12.5. The number of piperidine rings is 1. The Morgan fingerprint density at radius 3 is 2.92 bits per heavy atom. The lowest BCUT2D eigenvalue weighted by Crippen LogP contribution is -2.45. The lowest BCUT2D eigenvalue weighted by molar-refractivity contribution is -0.126. The number of H-pyrrole nitrogens is 2. The maximum atomic E-state index is 12.8. The molecule has 3 heterocycles. The minimum Gasteiger partial charge on any atom is -0.356 e. The number of hydrogen-bond acceptors (Lipinski definition) is 5. The van der Waals surface area contributed by atoms with Crippen LogP contribution in [0.25, 0.3) is 11.0 Å². The van der Waals surface area contributed by atoms with Crippen molar-refractivity contribution in [3.8, 4) is 0 Å². The Balaban J connectivity index is 1.80. The van der Waals surface area contributed by atoms with Crippen molar-refractivity contribution >= 4 is 22.8 Å². The van der Waals surface area contributed by atoms with Crippen LogP contribution in [-0.4, -0.2) is 51.3 Å². The van der Waals surface area contributed by atoms with Crippen LogP contribution < -0.4 is 16.6 Å². The number of hydrogen-bond donors (Lipinski definition) is 3. The number of pyridine rings is 1. The van der Waals surface area contributed by atoms with Gasteiger partial charge in [-0.1, -0.05) is 6.92 Å². The van der Waals surface area contributed by atoms with E-state index in [-0.39, 0.29) is 34.3 Å². The molecule has 1 aliphatic rings. The monoisotopic (exact) mass is 359 g/mol. The highest BCUT2D eigenvalue weighted by Gasteiger charge is 2.29. The Morgan fingerprint density at radius 2 is 2.15 bits per heavy atom. The van der Waals surface area contributed by atoms with Crippen LogP contribution in [0.4, 0.5) is 0 Å². The Morgan fingerprint density at radius 1 is 1.35 bits per heavy atom. The van der Waals surface area contributed by atoms with Gasteiger partial charge in [0.1, 0.15) is 5.65 Å². The van der Waals surface area contributed by atoms with Gasteiger partial charge in [0.05, 0.1) is 16.9 Å². The molecular weight excluding hydrogens is 338 g/mol. The van der Waals surface area contributed by atoms with Crippen LogP contribution >= 0.6 is 0 Å². The van der Waals surface area contributed by atoms with Gasteiger partial charge in [-0.2, -0.15) is 0 Å². The summed E-state index contributed by atoms with van der Waals surface area (Å²) in [5.41, 5.74) is -0.858. The number of aromatic amines is 2. The molecule has 2 aromatic rings. The van der Waals surface area contributed by atoms with Crippen LogP contribution in [0.15, 0.2) is 21.9 Å². The summed E-state index contributed by atoms with van der Waals surface area (Å²) in [7, 11) is 0. The second-order valence-corrected chi connectivity index (χ2v) is 6.41. The van der Waals surface area contributed by atoms with Gasteiger partial charge >= 0.3 is 5.69 Å². The highest BCUT2D eigenvalue weighted by Crippen LogP contribution is 2.19. The van der Waals surface area contributed by atoms with Gasteiger partial charge in [0.15, 0.2) is 0 Å². The van der Waals surface area contributed by atoms with Gasteiger partial charge in [-0.05, 0) is 25.3 Å². The molecule has 138 valence electrons. The zero-order valence-corrected chi connectivity index (χ0v) is 14.5. The fourth-order valence-corrected chi connectivity index (χ4v) is 3.11. The van der Waals surface area contributed by atoms with Gasteiger partial charge in [-0.25, -0.2) is 9.78 Å². The summed E-state index contributed by atoms with van der Waals surface area (Å²) in [4.78, 5) is 58.3. The first-order valence-electron chi connectivity index (χ1n) is 8.69. The number of carbonyl (C=O) groups excluding carboxylic acids is 2. The van der Waals surface area contributed by atoms with Crippen molar-refractivity contribution in [2.45, 2.75) is 26.2 Å². The molecule has 0 spiro atoms. The molecule has 0 radical (unpaired) electrons. The fourth-order valence-electron chi connectivity index (χ4n) is 3.11. The molecule has 9 heteroatoms. The van der Waals surface area contributed by atoms with E-state index in [0.29, 0.717) is 19.6 Å². The molecule has 1 saturated heterocycles. The molecule has 1 aliphatic heterocycles. The van der Waals surface area contributed by atoms with E-state index < -0.39 is 11.2 Å². The van der Waals surface area contributed by atoms with Crippen LogP contribution in [0, 0.1) is 5.92 Å². The van der Waals surface area contributed by atoms with Crippen LogP contribution in [0.5, 0.6) is 0 Å². The summed E-state index contributed by atoms with van der Waals surface area (Å²) in [6.07, 6.45) is 3.68. The van der Waals surface area contributed by atoms with Crippen LogP contribution in [0.2, 0.25) is 0 Å². The average Bonchev–Trinajstić information content (AvgIpc) is 2.65. The Kier molecular flexibility index (Phi) is 5.15. The van der Waals surface area contributed by atoms with Crippen LogP contribution in [0.3, 0.4) is 0 Å². The fraction of sp³-hybridized carbons (Fsp3) is 0.471. The van der Waals surface area contributed by atoms with Crippen LogP contribution in [-0.2, 0) is 4.79 Å². The van der Waals surface area contributed by atoms with Crippen molar-refractivity contribution in [1.82, 2.24) is 25.2 Å². The summed E-state index contributed by atoms with van der Waals surface area (Å²) in [6.45, 7) is 3.50. The molecule has 2 amide bonds. The topological polar surface area (TPSA) is 128 Å². The molecule has 0 aliphatic carbocycles. The number of rotatable bonds is 4. The minimum atomic E-state index is -0.647. The minimum absolute atomic E-state index is 0.0324. The molecule has 1 atom stereocenters. The number of carbonyl (C=O) groups is 2. The van der Waals surface area contributed by atoms with Crippen molar-refractivity contribution in [3.05, 3.63) is 38.7 Å². The molecule has 2 aromatic heterocycles. The molecule has 3 N–H and O–H groups in total. The van der Waals surface area contributed by atoms with Crippen molar-refractivity contribution in [2.75, 3.05) is 19.6 Å². The Labute approximate surface area is 148 Å². The van der Waals surface area contributed by atoms with Crippen molar-refractivity contribution in [2.24, 2.45) is 5.92 Å².